The molecule has 2 unspecified atom stereocenters. The minimum atomic E-state index is -0.569. The van der Waals surface area contributed by atoms with Crippen LogP contribution in [0.25, 0.3) is 0 Å². The second kappa shape index (κ2) is 6.37. The number of amides is 1. The molecular formula is C15H23N3O4. The molecule has 1 aliphatic heterocycles. The lowest BCUT2D eigenvalue weighted by Crippen LogP contribution is -2.36. The second-order valence-electron chi connectivity index (χ2n) is 6.30. The first-order valence-electron chi connectivity index (χ1n) is 7.45. The minimum Gasteiger partial charge on any atom is -0.466 e. The molecule has 7 nitrogen and oxygen atoms in total. The molecule has 1 aromatic rings. The van der Waals surface area contributed by atoms with E-state index < -0.39 is 17.6 Å². The molecule has 0 saturated carbocycles. The van der Waals surface area contributed by atoms with Gasteiger partial charge in [0.05, 0.1) is 18.6 Å². The van der Waals surface area contributed by atoms with E-state index in [1.165, 1.54) is 0 Å². The Hall–Kier alpha value is -2.05. The van der Waals surface area contributed by atoms with Crippen LogP contribution in [0.2, 0.25) is 0 Å². The lowest BCUT2D eigenvalue weighted by Gasteiger charge is -2.24. The van der Waals surface area contributed by atoms with Gasteiger partial charge in [-0.2, -0.15) is 5.10 Å². The maximum Gasteiger partial charge on any atom is 0.410 e. The van der Waals surface area contributed by atoms with Crippen molar-refractivity contribution in [3.05, 3.63) is 18.5 Å². The largest absolute Gasteiger partial charge is 0.466 e. The second-order valence-corrected chi connectivity index (χ2v) is 6.30. The van der Waals surface area contributed by atoms with Gasteiger partial charge in [-0.15, -0.1) is 0 Å². The van der Waals surface area contributed by atoms with Crippen molar-refractivity contribution in [1.29, 1.82) is 0 Å². The molecule has 0 bridgehead atoms. The third-order valence-electron chi connectivity index (χ3n) is 3.39. The van der Waals surface area contributed by atoms with Crippen molar-refractivity contribution in [2.45, 2.75) is 39.3 Å². The van der Waals surface area contributed by atoms with Crippen molar-refractivity contribution in [2.24, 2.45) is 5.92 Å². The number of nitrogens with zero attached hydrogens (tertiary/aromatic N) is 3. The summed E-state index contributed by atoms with van der Waals surface area (Å²) in [6.07, 6.45) is 3.02. The summed E-state index contributed by atoms with van der Waals surface area (Å²) in [5.41, 5.74) is -0.569. The Morgan fingerprint density at radius 2 is 2.05 bits per heavy atom. The minimum absolute atomic E-state index is 0.235. The summed E-state index contributed by atoms with van der Waals surface area (Å²) in [4.78, 5) is 25.9. The van der Waals surface area contributed by atoms with Gasteiger partial charge in [-0.05, 0) is 33.8 Å². The highest BCUT2D eigenvalue weighted by molar-refractivity contribution is 5.76. The molecule has 22 heavy (non-hydrogen) atoms. The van der Waals surface area contributed by atoms with E-state index in [2.05, 4.69) is 5.10 Å². The molecule has 0 aliphatic carbocycles. The van der Waals surface area contributed by atoms with Gasteiger partial charge in [-0.3, -0.25) is 9.48 Å². The van der Waals surface area contributed by atoms with Crippen molar-refractivity contribution in [1.82, 2.24) is 14.7 Å². The third-order valence-corrected chi connectivity index (χ3v) is 3.39. The Kier molecular flexibility index (Phi) is 4.73. The molecule has 1 aromatic heterocycles. The predicted octanol–water partition coefficient (Wildman–Crippen LogP) is 1.85. The molecule has 1 aliphatic rings. The van der Waals surface area contributed by atoms with Crippen LogP contribution in [-0.2, 0) is 14.3 Å². The van der Waals surface area contributed by atoms with Crippen LogP contribution in [0, 0.1) is 5.92 Å². The fraction of sp³-hybridized carbons (Fsp3) is 0.667. The number of hydrogen-bond acceptors (Lipinski definition) is 5. The number of ether oxygens (including phenoxy) is 2. The number of rotatable bonds is 3. The van der Waals surface area contributed by atoms with Gasteiger partial charge in [-0.1, -0.05) is 0 Å². The van der Waals surface area contributed by atoms with E-state index in [-0.39, 0.29) is 18.6 Å². The molecule has 2 rings (SSSR count). The summed E-state index contributed by atoms with van der Waals surface area (Å²) in [6, 6.07) is 1.56. The zero-order valence-electron chi connectivity index (χ0n) is 13.5. The Morgan fingerprint density at radius 3 is 2.59 bits per heavy atom. The topological polar surface area (TPSA) is 73.7 Å². The smallest absolute Gasteiger partial charge is 0.410 e. The summed E-state index contributed by atoms with van der Waals surface area (Å²) in [5, 5.41) is 4.19. The lowest BCUT2D eigenvalue weighted by molar-refractivity contribution is -0.148. The molecule has 0 aromatic carbocycles. The fourth-order valence-corrected chi connectivity index (χ4v) is 2.49. The van der Waals surface area contributed by atoms with E-state index in [0.717, 1.165) is 0 Å². The highest BCUT2D eigenvalue weighted by Crippen LogP contribution is 2.29. The molecule has 1 amide bonds. The van der Waals surface area contributed by atoms with Gasteiger partial charge in [0.25, 0.3) is 0 Å². The standard InChI is InChI=1S/C15H23N3O4/c1-5-21-13(19)11-9-17(14(20)22-15(2,3)4)10-12(11)18-8-6-7-16-18/h6-8,11-12H,5,9-10H2,1-4H3. The molecular weight excluding hydrogens is 286 g/mol. The highest BCUT2D eigenvalue weighted by Gasteiger charge is 2.43. The summed E-state index contributed by atoms with van der Waals surface area (Å²) in [6.45, 7) is 8.17. The van der Waals surface area contributed by atoms with Crippen molar-refractivity contribution >= 4 is 12.1 Å². The predicted molar refractivity (Wildman–Crippen MR) is 79.2 cm³/mol. The number of hydrogen-bond donors (Lipinski definition) is 0. The van der Waals surface area contributed by atoms with Crippen LogP contribution in [-0.4, -0.2) is 52.0 Å². The van der Waals surface area contributed by atoms with Crippen LogP contribution in [0.4, 0.5) is 4.79 Å². The first-order valence-corrected chi connectivity index (χ1v) is 7.45. The van der Waals surface area contributed by atoms with Crippen LogP contribution in [0.15, 0.2) is 18.5 Å². The van der Waals surface area contributed by atoms with E-state index in [1.54, 1.807) is 35.0 Å². The van der Waals surface area contributed by atoms with Gasteiger partial charge >= 0.3 is 12.1 Å². The molecule has 122 valence electrons. The Bertz CT molecular complexity index is 521. The van der Waals surface area contributed by atoms with Crippen molar-refractivity contribution in [3.8, 4) is 0 Å². The molecule has 2 atom stereocenters. The maximum atomic E-state index is 12.2. The Labute approximate surface area is 130 Å². The SMILES string of the molecule is CCOC(=O)C1CN(C(=O)OC(C)(C)C)CC1n1cccn1. The summed E-state index contributed by atoms with van der Waals surface area (Å²) in [7, 11) is 0. The molecule has 2 heterocycles. The van der Waals surface area contributed by atoms with Crippen LogP contribution in [0.3, 0.4) is 0 Å². The van der Waals surface area contributed by atoms with E-state index >= 15 is 0 Å². The fourth-order valence-electron chi connectivity index (χ4n) is 2.49. The average molecular weight is 309 g/mol. The number of carbonyl (C=O) groups is 2. The van der Waals surface area contributed by atoms with Crippen molar-refractivity contribution < 1.29 is 19.1 Å². The summed E-state index contributed by atoms with van der Waals surface area (Å²) in [5.74, 6) is -0.749. The van der Waals surface area contributed by atoms with E-state index in [1.807, 2.05) is 20.8 Å². The zero-order valence-corrected chi connectivity index (χ0v) is 13.5. The maximum absolute atomic E-state index is 12.2. The Morgan fingerprint density at radius 1 is 1.32 bits per heavy atom. The van der Waals surface area contributed by atoms with Gasteiger partial charge in [0.2, 0.25) is 0 Å². The molecule has 0 N–H and O–H groups in total. The van der Waals surface area contributed by atoms with Crippen LogP contribution >= 0.6 is 0 Å². The molecule has 0 spiro atoms. The normalized spacial score (nSPS) is 21.7. The first-order chi connectivity index (χ1) is 10.3. The van der Waals surface area contributed by atoms with Crippen molar-refractivity contribution in [3.63, 3.8) is 0 Å². The van der Waals surface area contributed by atoms with Crippen molar-refractivity contribution in [2.75, 3.05) is 19.7 Å². The first kappa shape index (κ1) is 16.3. The number of aromatic nitrogens is 2. The highest BCUT2D eigenvalue weighted by atomic mass is 16.6. The van der Waals surface area contributed by atoms with Crippen LogP contribution in [0.1, 0.15) is 33.7 Å². The van der Waals surface area contributed by atoms with Gasteiger partial charge in [-0.25, -0.2) is 4.79 Å². The molecule has 1 saturated heterocycles. The van der Waals surface area contributed by atoms with Gasteiger partial charge in [0.15, 0.2) is 0 Å². The third kappa shape index (κ3) is 3.78. The molecule has 7 heteroatoms. The van der Waals surface area contributed by atoms with Crippen LogP contribution in [0.5, 0.6) is 0 Å². The number of esters is 1. The van der Waals surface area contributed by atoms with E-state index in [0.29, 0.717) is 13.2 Å². The van der Waals surface area contributed by atoms with Crippen LogP contribution < -0.4 is 0 Å². The number of carbonyl (C=O) groups excluding carboxylic acids is 2. The monoisotopic (exact) mass is 309 g/mol. The summed E-state index contributed by atoms with van der Waals surface area (Å²) >= 11 is 0. The Balaban J connectivity index is 2.14. The number of likely N-dealkylation sites (tertiary alicyclic amines) is 1. The molecule has 0 radical (unpaired) electrons. The van der Waals surface area contributed by atoms with E-state index in [9.17, 15) is 9.59 Å². The van der Waals surface area contributed by atoms with Gasteiger partial charge in [0, 0.05) is 25.5 Å². The lowest BCUT2D eigenvalue weighted by atomic mass is 10.0. The van der Waals surface area contributed by atoms with Gasteiger partial charge in [0.1, 0.15) is 5.60 Å². The van der Waals surface area contributed by atoms with E-state index in [4.69, 9.17) is 9.47 Å². The summed E-state index contributed by atoms with van der Waals surface area (Å²) < 4.78 is 12.2. The molecule has 1 fully saturated rings. The van der Waals surface area contributed by atoms with Gasteiger partial charge < -0.3 is 14.4 Å². The average Bonchev–Trinajstić information content (AvgIpc) is 3.06. The zero-order chi connectivity index (χ0) is 16.3. The quantitative estimate of drug-likeness (QED) is 0.797.